The number of hydrogen-bond donors (Lipinski definition) is 1. The molecule has 1 aliphatic heterocycles. The van der Waals surface area contributed by atoms with Crippen molar-refractivity contribution in [2.75, 3.05) is 47.3 Å². The van der Waals surface area contributed by atoms with Crippen molar-refractivity contribution in [3.8, 4) is 5.75 Å². The van der Waals surface area contributed by atoms with Crippen LogP contribution in [-0.4, -0.2) is 47.1 Å². The fourth-order valence-corrected chi connectivity index (χ4v) is 3.40. The van der Waals surface area contributed by atoms with E-state index in [0.29, 0.717) is 18.4 Å². The molecule has 0 unspecified atom stereocenters. The molecule has 0 amide bonds. The van der Waals surface area contributed by atoms with Crippen molar-refractivity contribution < 1.29 is 4.74 Å². The Morgan fingerprint density at radius 1 is 1.17 bits per heavy atom. The van der Waals surface area contributed by atoms with Crippen LogP contribution in [0, 0.1) is 0 Å². The first-order valence-corrected chi connectivity index (χ1v) is 9.76. The lowest BCUT2D eigenvalue weighted by molar-refractivity contribution is 0.318. The van der Waals surface area contributed by atoms with Crippen LogP contribution in [0.1, 0.15) is 6.42 Å². The SMILES string of the molecule is ClCCCOc1ccc(Nc2nccc(N3CCSCC3)n2)cc1. The van der Waals surface area contributed by atoms with Gasteiger partial charge in [0.05, 0.1) is 6.61 Å². The maximum absolute atomic E-state index is 5.64. The summed E-state index contributed by atoms with van der Waals surface area (Å²) in [6.45, 7) is 2.71. The fraction of sp³-hybridized carbons (Fsp3) is 0.412. The van der Waals surface area contributed by atoms with E-state index < -0.39 is 0 Å². The smallest absolute Gasteiger partial charge is 0.229 e. The molecule has 7 heteroatoms. The molecule has 2 aromatic rings. The van der Waals surface area contributed by atoms with Gasteiger partial charge in [0, 0.05) is 42.4 Å². The molecule has 1 aliphatic rings. The Morgan fingerprint density at radius 3 is 2.71 bits per heavy atom. The van der Waals surface area contributed by atoms with Crippen LogP contribution in [0.3, 0.4) is 0 Å². The standard InChI is InChI=1S/C17H21ClN4OS/c18-7-1-11-23-15-4-2-14(3-5-15)20-17-19-8-6-16(21-17)22-9-12-24-13-10-22/h2-6,8H,1,7,9-13H2,(H,19,20,21). The number of alkyl halides is 1. The van der Waals surface area contributed by atoms with Gasteiger partial charge in [0.15, 0.2) is 0 Å². The highest BCUT2D eigenvalue weighted by molar-refractivity contribution is 7.99. The number of anilines is 3. The van der Waals surface area contributed by atoms with E-state index in [0.717, 1.165) is 48.3 Å². The molecule has 0 atom stereocenters. The number of aromatic nitrogens is 2. The summed E-state index contributed by atoms with van der Waals surface area (Å²) in [5.74, 6) is 5.35. The lowest BCUT2D eigenvalue weighted by Gasteiger charge is -2.27. The third-order valence-corrected chi connectivity index (χ3v) is 4.84. The molecule has 24 heavy (non-hydrogen) atoms. The summed E-state index contributed by atoms with van der Waals surface area (Å²) in [5.41, 5.74) is 0.936. The zero-order chi connectivity index (χ0) is 16.6. The molecule has 128 valence electrons. The van der Waals surface area contributed by atoms with Crippen LogP contribution in [0.4, 0.5) is 17.5 Å². The van der Waals surface area contributed by atoms with Crippen LogP contribution < -0.4 is 15.0 Å². The summed E-state index contributed by atoms with van der Waals surface area (Å²) in [4.78, 5) is 11.2. The van der Waals surface area contributed by atoms with Gasteiger partial charge in [-0.15, -0.1) is 11.6 Å². The molecule has 0 radical (unpaired) electrons. The lowest BCUT2D eigenvalue weighted by Crippen LogP contribution is -2.33. The predicted octanol–water partition coefficient (Wildman–Crippen LogP) is 3.78. The summed E-state index contributed by atoms with van der Waals surface area (Å²) in [6, 6.07) is 9.76. The molecule has 1 saturated heterocycles. The van der Waals surface area contributed by atoms with Gasteiger partial charge in [-0.1, -0.05) is 0 Å². The average molecular weight is 365 g/mol. The molecule has 1 aromatic heterocycles. The van der Waals surface area contributed by atoms with Crippen molar-refractivity contribution in [2.45, 2.75) is 6.42 Å². The van der Waals surface area contributed by atoms with Crippen molar-refractivity contribution in [3.63, 3.8) is 0 Å². The van der Waals surface area contributed by atoms with Crippen LogP contribution in [0.5, 0.6) is 5.75 Å². The first-order chi connectivity index (χ1) is 11.8. The maximum atomic E-state index is 5.64. The van der Waals surface area contributed by atoms with Crippen molar-refractivity contribution >= 4 is 40.8 Å². The predicted molar refractivity (Wildman–Crippen MR) is 102 cm³/mol. The summed E-state index contributed by atoms with van der Waals surface area (Å²) in [5, 5.41) is 3.25. The quantitative estimate of drug-likeness (QED) is 0.596. The third-order valence-electron chi connectivity index (χ3n) is 3.63. The summed E-state index contributed by atoms with van der Waals surface area (Å²) >= 11 is 7.63. The van der Waals surface area contributed by atoms with Gasteiger partial charge >= 0.3 is 0 Å². The molecule has 1 aromatic carbocycles. The maximum Gasteiger partial charge on any atom is 0.229 e. The average Bonchev–Trinajstić information content (AvgIpc) is 2.64. The Kier molecular flexibility index (Phi) is 6.43. The molecular weight excluding hydrogens is 344 g/mol. The van der Waals surface area contributed by atoms with E-state index in [2.05, 4.69) is 20.2 Å². The normalized spacial score (nSPS) is 14.5. The summed E-state index contributed by atoms with van der Waals surface area (Å²) in [6.07, 6.45) is 2.65. The van der Waals surface area contributed by atoms with Gasteiger partial charge in [0.2, 0.25) is 5.95 Å². The molecule has 0 bridgehead atoms. The second-order valence-corrected chi connectivity index (χ2v) is 6.98. The molecule has 0 aliphatic carbocycles. The van der Waals surface area contributed by atoms with Gasteiger partial charge in [0.25, 0.3) is 0 Å². The minimum atomic E-state index is 0.613. The van der Waals surface area contributed by atoms with Crippen molar-refractivity contribution in [1.82, 2.24) is 9.97 Å². The molecule has 0 saturated carbocycles. The number of rotatable bonds is 7. The zero-order valence-electron chi connectivity index (χ0n) is 13.4. The number of nitrogens with zero attached hydrogens (tertiary/aromatic N) is 3. The Balaban J connectivity index is 1.61. The molecular formula is C17H21ClN4OS. The molecule has 1 fully saturated rings. The Bertz CT molecular complexity index is 635. The van der Waals surface area contributed by atoms with Crippen LogP contribution in [-0.2, 0) is 0 Å². The Morgan fingerprint density at radius 2 is 1.96 bits per heavy atom. The molecule has 2 heterocycles. The summed E-state index contributed by atoms with van der Waals surface area (Å²) < 4.78 is 5.60. The van der Waals surface area contributed by atoms with E-state index >= 15 is 0 Å². The third kappa shape index (κ3) is 4.92. The van der Waals surface area contributed by atoms with Gasteiger partial charge in [0.1, 0.15) is 11.6 Å². The van der Waals surface area contributed by atoms with E-state index in [1.807, 2.05) is 42.1 Å². The molecule has 0 spiro atoms. The van der Waals surface area contributed by atoms with Crippen LogP contribution in [0.15, 0.2) is 36.5 Å². The van der Waals surface area contributed by atoms with Crippen molar-refractivity contribution in [1.29, 1.82) is 0 Å². The largest absolute Gasteiger partial charge is 0.494 e. The highest BCUT2D eigenvalue weighted by Crippen LogP contribution is 2.21. The highest BCUT2D eigenvalue weighted by atomic mass is 35.5. The molecule has 1 N–H and O–H groups in total. The number of benzene rings is 1. The van der Waals surface area contributed by atoms with Gasteiger partial charge in [-0.3, -0.25) is 0 Å². The van der Waals surface area contributed by atoms with Crippen LogP contribution >= 0.6 is 23.4 Å². The minimum Gasteiger partial charge on any atom is -0.494 e. The Hall–Kier alpha value is -1.66. The first-order valence-electron chi connectivity index (χ1n) is 8.07. The molecule has 5 nitrogen and oxygen atoms in total. The lowest BCUT2D eigenvalue weighted by atomic mass is 10.3. The summed E-state index contributed by atoms with van der Waals surface area (Å²) in [7, 11) is 0. The van der Waals surface area contributed by atoms with E-state index in [1.165, 1.54) is 0 Å². The van der Waals surface area contributed by atoms with E-state index in [9.17, 15) is 0 Å². The topological polar surface area (TPSA) is 50.3 Å². The zero-order valence-corrected chi connectivity index (χ0v) is 15.0. The number of halogens is 1. The van der Waals surface area contributed by atoms with Gasteiger partial charge in [-0.2, -0.15) is 16.7 Å². The van der Waals surface area contributed by atoms with Gasteiger partial charge in [-0.05, 0) is 36.8 Å². The number of thioether (sulfide) groups is 1. The second-order valence-electron chi connectivity index (χ2n) is 5.38. The van der Waals surface area contributed by atoms with E-state index in [4.69, 9.17) is 16.3 Å². The Labute approximate surface area is 151 Å². The minimum absolute atomic E-state index is 0.613. The van der Waals surface area contributed by atoms with Crippen LogP contribution in [0.25, 0.3) is 0 Å². The first kappa shape index (κ1) is 17.2. The monoisotopic (exact) mass is 364 g/mol. The van der Waals surface area contributed by atoms with Crippen molar-refractivity contribution in [2.24, 2.45) is 0 Å². The molecule has 3 rings (SSSR count). The van der Waals surface area contributed by atoms with Gasteiger partial charge < -0.3 is 15.0 Å². The van der Waals surface area contributed by atoms with E-state index in [1.54, 1.807) is 6.20 Å². The van der Waals surface area contributed by atoms with Crippen LogP contribution in [0.2, 0.25) is 0 Å². The van der Waals surface area contributed by atoms with Crippen molar-refractivity contribution in [3.05, 3.63) is 36.5 Å². The fourth-order valence-electron chi connectivity index (χ4n) is 2.39. The highest BCUT2D eigenvalue weighted by Gasteiger charge is 2.13. The number of hydrogen-bond acceptors (Lipinski definition) is 6. The van der Waals surface area contributed by atoms with Gasteiger partial charge in [-0.25, -0.2) is 4.98 Å². The van der Waals surface area contributed by atoms with E-state index in [-0.39, 0.29) is 0 Å². The number of nitrogens with one attached hydrogen (secondary N) is 1. The second kappa shape index (κ2) is 8.99. The number of ether oxygens (including phenoxy) is 1.